The molecular weight excluding hydrogens is 451 g/mol. The molecule has 182 valence electrons. The first kappa shape index (κ1) is 25.4. The molecule has 2 N–H and O–H groups in total. The van der Waals surface area contributed by atoms with Crippen LogP contribution in [0.4, 0.5) is 9.18 Å². The van der Waals surface area contributed by atoms with Crippen LogP contribution in [-0.2, 0) is 14.9 Å². The normalized spacial score (nSPS) is 28.1. The predicted molar refractivity (Wildman–Crippen MR) is 119 cm³/mol. The Kier molecular flexibility index (Phi) is 8.28. The SMILES string of the molecule is CN(C)S(=O)(=O)N[C@H]1C[C@@H](CC#N)N(C(=O)O)[C@H]1COC1CCC(c2cccc(F)c2)CC1. The lowest BCUT2D eigenvalue weighted by Crippen LogP contribution is -2.52. The Morgan fingerprint density at radius 1 is 1.33 bits per heavy atom. The predicted octanol–water partition coefficient (Wildman–Crippen LogP) is 2.67. The van der Waals surface area contributed by atoms with Gasteiger partial charge in [-0.05, 0) is 55.7 Å². The number of likely N-dealkylation sites (tertiary alicyclic amines) is 1. The highest BCUT2D eigenvalue weighted by Crippen LogP contribution is 2.35. The number of carbonyl (C=O) groups is 1. The van der Waals surface area contributed by atoms with Crippen LogP contribution < -0.4 is 4.72 Å². The van der Waals surface area contributed by atoms with Crippen molar-refractivity contribution in [1.29, 1.82) is 5.26 Å². The number of rotatable bonds is 8. The number of nitriles is 1. The second kappa shape index (κ2) is 10.8. The lowest BCUT2D eigenvalue weighted by atomic mass is 9.82. The summed E-state index contributed by atoms with van der Waals surface area (Å²) in [6, 6.07) is 6.56. The van der Waals surface area contributed by atoms with Crippen molar-refractivity contribution in [3.05, 3.63) is 35.6 Å². The van der Waals surface area contributed by atoms with E-state index < -0.39 is 34.4 Å². The Hall–Kier alpha value is -2.26. The van der Waals surface area contributed by atoms with Gasteiger partial charge in [-0.1, -0.05) is 12.1 Å². The van der Waals surface area contributed by atoms with Gasteiger partial charge in [0, 0.05) is 20.1 Å². The van der Waals surface area contributed by atoms with Crippen LogP contribution in [0, 0.1) is 17.1 Å². The van der Waals surface area contributed by atoms with E-state index in [0.717, 1.165) is 40.5 Å². The fourth-order valence-electron chi connectivity index (χ4n) is 4.79. The number of carboxylic acid groups (broad SMARTS) is 1. The smallest absolute Gasteiger partial charge is 0.407 e. The van der Waals surface area contributed by atoms with Crippen LogP contribution >= 0.6 is 0 Å². The number of ether oxygens (including phenoxy) is 1. The molecule has 33 heavy (non-hydrogen) atoms. The van der Waals surface area contributed by atoms with Crippen LogP contribution in [0.1, 0.15) is 50.0 Å². The molecule has 1 aliphatic carbocycles. The molecule has 1 saturated carbocycles. The van der Waals surface area contributed by atoms with Crippen molar-refractivity contribution in [1.82, 2.24) is 13.9 Å². The number of amides is 1. The maximum absolute atomic E-state index is 13.5. The highest BCUT2D eigenvalue weighted by Gasteiger charge is 2.46. The number of nitrogens with one attached hydrogen (secondary N) is 1. The summed E-state index contributed by atoms with van der Waals surface area (Å²) in [5.74, 6) is 0.00113. The number of hydrogen-bond donors (Lipinski definition) is 2. The van der Waals surface area contributed by atoms with Crippen molar-refractivity contribution in [2.24, 2.45) is 0 Å². The first-order chi connectivity index (χ1) is 15.6. The summed E-state index contributed by atoms with van der Waals surface area (Å²) in [6.07, 6.45) is 2.03. The quantitative estimate of drug-likeness (QED) is 0.587. The minimum Gasteiger partial charge on any atom is -0.465 e. The van der Waals surface area contributed by atoms with E-state index in [9.17, 15) is 22.7 Å². The summed E-state index contributed by atoms with van der Waals surface area (Å²) in [4.78, 5) is 13.1. The topological polar surface area (TPSA) is 123 Å². The third-order valence-corrected chi connectivity index (χ3v) is 8.13. The Labute approximate surface area is 194 Å². The van der Waals surface area contributed by atoms with Crippen molar-refractivity contribution in [3.63, 3.8) is 0 Å². The van der Waals surface area contributed by atoms with Crippen LogP contribution in [0.5, 0.6) is 0 Å². The van der Waals surface area contributed by atoms with Crippen molar-refractivity contribution < 1.29 is 27.4 Å². The monoisotopic (exact) mass is 482 g/mol. The van der Waals surface area contributed by atoms with E-state index in [1.807, 2.05) is 12.1 Å². The van der Waals surface area contributed by atoms with E-state index in [2.05, 4.69) is 4.72 Å². The van der Waals surface area contributed by atoms with Crippen molar-refractivity contribution >= 4 is 16.3 Å². The summed E-state index contributed by atoms with van der Waals surface area (Å²) < 4.78 is 48.0. The zero-order chi connectivity index (χ0) is 24.2. The Morgan fingerprint density at radius 2 is 2.03 bits per heavy atom. The summed E-state index contributed by atoms with van der Waals surface area (Å²) in [5.41, 5.74) is 0.971. The van der Waals surface area contributed by atoms with E-state index in [0.29, 0.717) is 0 Å². The van der Waals surface area contributed by atoms with Gasteiger partial charge in [0.1, 0.15) is 5.82 Å². The molecule has 0 radical (unpaired) electrons. The molecule has 9 nitrogen and oxygen atoms in total. The van der Waals surface area contributed by atoms with Gasteiger partial charge in [0.05, 0.1) is 37.3 Å². The van der Waals surface area contributed by atoms with Crippen molar-refractivity contribution in [2.75, 3.05) is 20.7 Å². The molecule has 3 atom stereocenters. The van der Waals surface area contributed by atoms with Crippen LogP contribution in [0.2, 0.25) is 0 Å². The Balaban J connectivity index is 1.65. The van der Waals surface area contributed by atoms with Gasteiger partial charge >= 0.3 is 6.09 Å². The standard InChI is InChI=1S/C22H31FN4O5S/c1-26(2)33(30,31)25-20-13-18(10-11-24)27(22(28)29)21(20)14-32-19-8-6-15(7-9-19)16-4-3-5-17(23)12-16/h3-5,12,15,18-21,25H,6-10,13-14H2,1-2H3,(H,28,29)/t15?,18-,19?,20+,21+/m1/s1. The lowest BCUT2D eigenvalue weighted by Gasteiger charge is -2.33. The summed E-state index contributed by atoms with van der Waals surface area (Å²) in [7, 11) is -1.01. The van der Waals surface area contributed by atoms with Gasteiger partial charge in [-0.3, -0.25) is 4.90 Å². The average Bonchev–Trinajstić information content (AvgIpc) is 3.09. The fraction of sp³-hybridized carbons (Fsp3) is 0.636. The first-order valence-corrected chi connectivity index (χ1v) is 12.5. The molecule has 0 aromatic heterocycles. The molecule has 1 heterocycles. The van der Waals surface area contributed by atoms with Crippen LogP contribution in [-0.4, -0.2) is 73.8 Å². The number of hydrogen-bond acceptors (Lipinski definition) is 5. The molecule has 2 aliphatic rings. The second-order valence-corrected chi connectivity index (χ2v) is 10.8. The minimum atomic E-state index is -3.79. The van der Waals surface area contributed by atoms with Crippen LogP contribution in [0.3, 0.4) is 0 Å². The molecule has 3 rings (SSSR count). The molecule has 1 aromatic carbocycles. The maximum Gasteiger partial charge on any atom is 0.407 e. The van der Waals surface area contributed by atoms with Gasteiger partial charge in [-0.2, -0.15) is 22.7 Å². The van der Waals surface area contributed by atoms with E-state index in [-0.39, 0.29) is 37.3 Å². The number of halogens is 1. The van der Waals surface area contributed by atoms with E-state index >= 15 is 0 Å². The molecule has 0 unspecified atom stereocenters. The minimum absolute atomic E-state index is 0.0261. The molecule has 1 aromatic rings. The van der Waals surface area contributed by atoms with E-state index in [4.69, 9.17) is 10.00 Å². The summed E-state index contributed by atoms with van der Waals surface area (Å²) in [6.45, 7) is 0.0319. The molecule has 11 heteroatoms. The average molecular weight is 483 g/mol. The van der Waals surface area contributed by atoms with Crippen LogP contribution in [0.15, 0.2) is 24.3 Å². The highest BCUT2D eigenvalue weighted by molar-refractivity contribution is 7.87. The number of nitrogens with zero attached hydrogens (tertiary/aromatic N) is 3. The molecule has 0 spiro atoms. The fourth-order valence-corrected chi connectivity index (χ4v) is 5.64. The van der Waals surface area contributed by atoms with Gasteiger partial charge in [-0.25, -0.2) is 9.18 Å². The van der Waals surface area contributed by atoms with Gasteiger partial charge in [-0.15, -0.1) is 0 Å². The maximum atomic E-state index is 13.5. The van der Waals surface area contributed by atoms with E-state index in [1.165, 1.54) is 20.2 Å². The van der Waals surface area contributed by atoms with Crippen LogP contribution in [0.25, 0.3) is 0 Å². The van der Waals surface area contributed by atoms with Gasteiger partial charge in [0.15, 0.2) is 0 Å². The van der Waals surface area contributed by atoms with E-state index in [1.54, 1.807) is 12.1 Å². The molecular formula is C22H31FN4O5S. The Morgan fingerprint density at radius 3 is 2.61 bits per heavy atom. The molecule has 1 saturated heterocycles. The zero-order valence-electron chi connectivity index (χ0n) is 18.9. The first-order valence-electron chi connectivity index (χ1n) is 11.1. The highest BCUT2D eigenvalue weighted by atomic mass is 32.2. The van der Waals surface area contributed by atoms with Crippen molar-refractivity contribution in [2.45, 2.75) is 68.7 Å². The van der Waals surface area contributed by atoms with Gasteiger partial charge < -0.3 is 9.84 Å². The number of benzene rings is 1. The molecule has 2 fully saturated rings. The van der Waals surface area contributed by atoms with Crippen molar-refractivity contribution in [3.8, 4) is 6.07 Å². The molecule has 1 amide bonds. The summed E-state index contributed by atoms with van der Waals surface area (Å²) in [5, 5.41) is 18.9. The van der Waals surface area contributed by atoms with Gasteiger partial charge in [0.25, 0.3) is 10.2 Å². The van der Waals surface area contributed by atoms with Gasteiger partial charge in [0.2, 0.25) is 0 Å². The molecule has 1 aliphatic heterocycles. The Bertz CT molecular complexity index is 975. The zero-order valence-corrected chi connectivity index (χ0v) is 19.7. The lowest BCUT2D eigenvalue weighted by molar-refractivity contribution is -0.00757. The molecule has 0 bridgehead atoms. The summed E-state index contributed by atoms with van der Waals surface area (Å²) >= 11 is 0. The third kappa shape index (κ3) is 6.20. The second-order valence-electron chi connectivity index (χ2n) is 8.88. The largest absolute Gasteiger partial charge is 0.465 e. The third-order valence-electron chi connectivity index (χ3n) is 6.57.